The molecule has 0 atom stereocenters. The van der Waals surface area contributed by atoms with Crippen molar-refractivity contribution < 1.29 is 14.4 Å². The van der Waals surface area contributed by atoms with Crippen LogP contribution < -0.4 is 9.64 Å². The minimum atomic E-state index is 0.0747. The van der Waals surface area contributed by atoms with E-state index in [1.165, 1.54) is 21.2 Å². The van der Waals surface area contributed by atoms with E-state index >= 15 is 0 Å². The number of carbonyl (C=O) groups excluding carboxylic acids is 1. The molecule has 4 rings (SSSR count). The van der Waals surface area contributed by atoms with Gasteiger partial charge in [-0.05, 0) is 35.4 Å². The van der Waals surface area contributed by atoms with Crippen molar-refractivity contribution in [2.45, 2.75) is 13.5 Å². The molecule has 4 nitrogen and oxygen atoms in total. The smallest absolute Gasteiger partial charge is 0.260 e. The summed E-state index contributed by atoms with van der Waals surface area (Å²) < 4.78 is 5.67. The first kappa shape index (κ1) is 18.5. The SMILES string of the molecule is Cc1cccc(OCC(=O)N2CC[NH+](Cc3cccc4ccccc34)CC2)c1. The van der Waals surface area contributed by atoms with Crippen LogP contribution in [0.3, 0.4) is 0 Å². The number of fused-ring (bicyclic) bond motifs is 1. The third kappa shape index (κ3) is 4.34. The summed E-state index contributed by atoms with van der Waals surface area (Å²) in [5.41, 5.74) is 2.52. The number of aryl methyl sites for hydroxylation is 1. The van der Waals surface area contributed by atoms with E-state index in [0.29, 0.717) is 0 Å². The van der Waals surface area contributed by atoms with E-state index in [1.54, 1.807) is 0 Å². The Morgan fingerprint density at radius 2 is 1.75 bits per heavy atom. The Hall–Kier alpha value is -2.85. The number of piperazine rings is 1. The topological polar surface area (TPSA) is 34.0 Å². The van der Waals surface area contributed by atoms with E-state index in [0.717, 1.165) is 44.0 Å². The van der Waals surface area contributed by atoms with Crippen LogP contribution in [-0.2, 0) is 11.3 Å². The lowest BCUT2D eigenvalue weighted by atomic mass is 10.0. The second-order valence-corrected chi connectivity index (χ2v) is 7.55. The summed E-state index contributed by atoms with van der Waals surface area (Å²) in [5.74, 6) is 0.833. The molecule has 1 saturated heterocycles. The van der Waals surface area contributed by atoms with Crippen LogP contribution in [0.1, 0.15) is 11.1 Å². The van der Waals surface area contributed by atoms with Gasteiger partial charge in [-0.25, -0.2) is 0 Å². The Morgan fingerprint density at radius 3 is 2.57 bits per heavy atom. The predicted octanol–water partition coefficient (Wildman–Crippen LogP) is 2.45. The summed E-state index contributed by atoms with van der Waals surface area (Å²) >= 11 is 0. The highest BCUT2D eigenvalue weighted by Gasteiger charge is 2.24. The molecule has 3 aromatic rings. The zero-order valence-corrected chi connectivity index (χ0v) is 16.4. The van der Waals surface area contributed by atoms with Crippen molar-refractivity contribution in [3.8, 4) is 5.75 Å². The van der Waals surface area contributed by atoms with Gasteiger partial charge >= 0.3 is 0 Å². The van der Waals surface area contributed by atoms with Crippen molar-refractivity contribution >= 4 is 16.7 Å². The van der Waals surface area contributed by atoms with Gasteiger partial charge in [0.05, 0.1) is 26.2 Å². The first-order valence-corrected chi connectivity index (χ1v) is 9.96. The van der Waals surface area contributed by atoms with Crippen molar-refractivity contribution in [2.24, 2.45) is 0 Å². The van der Waals surface area contributed by atoms with Crippen molar-refractivity contribution in [1.82, 2.24) is 4.90 Å². The molecule has 1 fully saturated rings. The molecule has 1 amide bonds. The summed E-state index contributed by atoms with van der Waals surface area (Å²) in [6.07, 6.45) is 0. The second kappa shape index (κ2) is 8.44. The van der Waals surface area contributed by atoms with Gasteiger partial charge in [0.1, 0.15) is 12.3 Å². The molecule has 144 valence electrons. The fourth-order valence-electron chi connectivity index (χ4n) is 3.91. The molecule has 1 aliphatic rings. The standard InChI is InChI=1S/C24H26N2O2/c1-19-6-4-10-22(16-19)28-18-24(27)26-14-12-25(13-15-26)17-21-9-5-8-20-7-2-3-11-23(20)21/h2-11,16H,12-15,17-18H2,1H3/p+1. The van der Waals surface area contributed by atoms with Crippen LogP contribution in [0.15, 0.2) is 66.7 Å². The highest BCUT2D eigenvalue weighted by Crippen LogP contribution is 2.17. The fraction of sp³-hybridized carbons (Fsp3) is 0.292. The molecule has 1 aliphatic heterocycles. The minimum Gasteiger partial charge on any atom is -0.484 e. The Balaban J connectivity index is 1.30. The van der Waals surface area contributed by atoms with Crippen LogP contribution in [0.25, 0.3) is 10.8 Å². The molecule has 0 aliphatic carbocycles. The van der Waals surface area contributed by atoms with E-state index in [2.05, 4.69) is 42.5 Å². The maximum atomic E-state index is 12.5. The summed E-state index contributed by atoms with van der Waals surface area (Å²) in [7, 11) is 0. The van der Waals surface area contributed by atoms with Crippen molar-refractivity contribution in [1.29, 1.82) is 0 Å². The van der Waals surface area contributed by atoms with Crippen LogP contribution in [0.2, 0.25) is 0 Å². The number of nitrogens with zero attached hydrogens (tertiary/aromatic N) is 1. The van der Waals surface area contributed by atoms with Crippen LogP contribution in [0.4, 0.5) is 0 Å². The lowest BCUT2D eigenvalue weighted by Gasteiger charge is -2.32. The molecule has 1 N–H and O–H groups in total. The molecule has 1 heterocycles. The Morgan fingerprint density at radius 1 is 1.00 bits per heavy atom. The fourth-order valence-corrected chi connectivity index (χ4v) is 3.91. The highest BCUT2D eigenvalue weighted by molar-refractivity contribution is 5.85. The van der Waals surface area contributed by atoms with Gasteiger partial charge < -0.3 is 14.5 Å². The van der Waals surface area contributed by atoms with Crippen LogP contribution in [0.5, 0.6) is 5.75 Å². The number of quaternary nitrogens is 1. The predicted molar refractivity (Wildman–Crippen MR) is 112 cm³/mol. The monoisotopic (exact) mass is 375 g/mol. The van der Waals surface area contributed by atoms with Crippen LogP contribution in [-0.4, -0.2) is 43.6 Å². The molecule has 0 unspecified atom stereocenters. The van der Waals surface area contributed by atoms with E-state index in [9.17, 15) is 4.79 Å². The minimum absolute atomic E-state index is 0.0747. The summed E-state index contributed by atoms with van der Waals surface area (Å²) in [4.78, 5) is 15.9. The van der Waals surface area contributed by atoms with Crippen molar-refractivity contribution in [3.05, 3.63) is 77.9 Å². The quantitative estimate of drug-likeness (QED) is 0.743. The first-order valence-electron chi connectivity index (χ1n) is 9.96. The Kier molecular flexibility index (Phi) is 5.58. The average Bonchev–Trinajstić information content (AvgIpc) is 2.73. The summed E-state index contributed by atoms with van der Waals surface area (Å²) in [5, 5.41) is 2.63. The van der Waals surface area contributed by atoms with E-state index < -0.39 is 0 Å². The molecule has 0 radical (unpaired) electrons. The number of rotatable bonds is 5. The van der Waals surface area contributed by atoms with Gasteiger partial charge in [-0.15, -0.1) is 0 Å². The first-order chi connectivity index (χ1) is 13.7. The number of ether oxygens (including phenoxy) is 1. The van der Waals surface area contributed by atoms with E-state index in [4.69, 9.17) is 4.74 Å². The van der Waals surface area contributed by atoms with E-state index in [-0.39, 0.29) is 12.5 Å². The number of benzene rings is 3. The number of carbonyl (C=O) groups is 1. The van der Waals surface area contributed by atoms with Gasteiger partial charge in [-0.1, -0.05) is 54.6 Å². The number of hydrogen-bond donors (Lipinski definition) is 1. The van der Waals surface area contributed by atoms with Gasteiger partial charge in [0.15, 0.2) is 6.61 Å². The lowest BCUT2D eigenvalue weighted by molar-refractivity contribution is -0.917. The van der Waals surface area contributed by atoms with Crippen LogP contribution >= 0.6 is 0 Å². The average molecular weight is 375 g/mol. The molecule has 4 heteroatoms. The largest absolute Gasteiger partial charge is 0.484 e. The second-order valence-electron chi connectivity index (χ2n) is 7.55. The molecule has 0 aromatic heterocycles. The zero-order valence-electron chi connectivity index (χ0n) is 16.4. The van der Waals surface area contributed by atoms with Crippen LogP contribution in [0, 0.1) is 6.92 Å². The third-order valence-electron chi connectivity index (χ3n) is 5.50. The number of amides is 1. The molecule has 0 spiro atoms. The van der Waals surface area contributed by atoms with Gasteiger partial charge in [-0.3, -0.25) is 4.79 Å². The maximum Gasteiger partial charge on any atom is 0.260 e. The molecule has 0 bridgehead atoms. The van der Waals surface area contributed by atoms with Crippen molar-refractivity contribution in [3.63, 3.8) is 0 Å². The Bertz CT molecular complexity index is 956. The highest BCUT2D eigenvalue weighted by atomic mass is 16.5. The number of hydrogen-bond acceptors (Lipinski definition) is 2. The molecule has 3 aromatic carbocycles. The molecular formula is C24H27N2O2+. The van der Waals surface area contributed by atoms with E-state index in [1.807, 2.05) is 36.1 Å². The summed E-state index contributed by atoms with van der Waals surface area (Å²) in [6.45, 7) is 6.66. The Labute approximate surface area is 166 Å². The zero-order chi connectivity index (χ0) is 19.3. The van der Waals surface area contributed by atoms with Gasteiger partial charge in [-0.2, -0.15) is 0 Å². The van der Waals surface area contributed by atoms with Gasteiger partial charge in [0, 0.05) is 5.56 Å². The molecular weight excluding hydrogens is 348 g/mol. The number of nitrogens with one attached hydrogen (secondary N) is 1. The van der Waals surface area contributed by atoms with Gasteiger partial charge in [0.2, 0.25) is 0 Å². The maximum absolute atomic E-state index is 12.5. The normalized spacial score (nSPS) is 15.0. The summed E-state index contributed by atoms with van der Waals surface area (Å²) in [6, 6.07) is 22.9. The lowest BCUT2D eigenvalue weighted by Crippen LogP contribution is -3.13. The van der Waals surface area contributed by atoms with Gasteiger partial charge in [0.25, 0.3) is 5.91 Å². The molecule has 0 saturated carbocycles. The third-order valence-corrected chi connectivity index (χ3v) is 5.50. The van der Waals surface area contributed by atoms with Crippen molar-refractivity contribution in [2.75, 3.05) is 32.8 Å². The molecule has 28 heavy (non-hydrogen) atoms.